The van der Waals surface area contributed by atoms with E-state index in [2.05, 4.69) is 9.71 Å². The highest BCUT2D eigenvalue weighted by Crippen LogP contribution is 2.31. The van der Waals surface area contributed by atoms with Crippen molar-refractivity contribution < 1.29 is 34.4 Å². The summed E-state index contributed by atoms with van der Waals surface area (Å²) in [6, 6.07) is 6.67. The Labute approximate surface area is 179 Å². The van der Waals surface area contributed by atoms with Gasteiger partial charge in [0, 0.05) is 11.6 Å². The summed E-state index contributed by atoms with van der Waals surface area (Å²) in [7, 11) is -7.84. The predicted octanol–water partition coefficient (Wildman–Crippen LogP) is 4.12. The molecule has 13 heteroatoms. The standard InChI is InChI=1S/C18H14F4N2O4S3/c19-16-11-12(1-6-15(16)18(20,21)22)7-10-30(25,26)13-2-4-14(5-3-13)31(27,28)24-17-23-8-9-29-17/h1-6,8-9,11H,7,10H2,(H,23,24). The topological polar surface area (TPSA) is 93.2 Å². The molecule has 0 saturated heterocycles. The number of aromatic nitrogens is 1. The lowest BCUT2D eigenvalue weighted by molar-refractivity contribution is -0.140. The minimum absolute atomic E-state index is 0.0842. The second kappa shape index (κ2) is 8.55. The smallest absolute Gasteiger partial charge is 0.255 e. The van der Waals surface area contributed by atoms with Gasteiger partial charge in [-0.2, -0.15) is 13.2 Å². The monoisotopic (exact) mass is 494 g/mol. The number of nitrogens with one attached hydrogen (secondary N) is 1. The second-order valence-corrected chi connectivity index (χ2v) is 11.0. The Bertz CT molecular complexity index is 1270. The molecule has 0 saturated carbocycles. The van der Waals surface area contributed by atoms with E-state index in [4.69, 9.17) is 0 Å². The number of thiazole rings is 1. The molecule has 6 nitrogen and oxygen atoms in total. The third-order valence-electron chi connectivity index (χ3n) is 4.15. The van der Waals surface area contributed by atoms with Crippen molar-refractivity contribution in [2.75, 3.05) is 10.5 Å². The molecule has 2 aromatic carbocycles. The first kappa shape index (κ1) is 23.2. The van der Waals surface area contributed by atoms with Crippen molar-refractivity contribution >= 4 is 36.3 Å². The van der Waals surface area contributed by atoms with Crippen molar-refractivity contribution in [3.63, 3.8) is 0 Å². The third kappa shape index (κ3) is 5.60. The zero-order chi connectivity index (χ0) is 22.9. The van der Waals surface area contributed by atoms with Gasteiger partial charge in [0.25, 0.3) is 10.0 Å². The van der Waals surface area contributed by atoms with Crippen LogP contribution in [0.2, 0.25) is 0 Å². The highest BCUT2D eigenvalue weighted by molar-refractivity contribution is 7.93. The average Bonchev–Trinajstić information content (AvgIpc) is 3.18. The van der Waals surface area contributed by atoms with E-state index in [1.54, 1.807) is 5.38 Å². The quantitative estimate of drug-likeness (QED) is 0.499. The number of hydrogen-bond acceptors (Lipinski definition) is 6. The van der Waals surface area contributed by atoms with Crippen LogP contribution in [0.3, 0.4) is 0 Å². The molecule has 0 aliphatic heterocycles. The molecular weight excluding hydrogens is 480 g/mol. The van der Waals surface area contributed by atoms with Crippen molar-refractivity contribution in [1.29, 1.82) is 0 Å². The maximum Gasteiger partial charge on any atom is 0.419 e. The number of rotatable bonds is 7. The molecule has 31 heavy (non-hydrogen) atoms. The van der Waals surface area contributed by atoms with E-state index in [1.807, 2.05) is 0 Å². The van der Waals surface area contributed by atoms with Gasteiger partial charge < -0.3 is 0 Å². The summed E-state index contributed by atoms with van der Waals surface area (Å²) in [5.41, 5.74) is -1.34. The number of sulfonamides is 1. The van der Waals surface area contributed by atoms with E-state index >= 15 is 0 Å². The average molecular weight is 495 g/mol. The molecule has 0 fully saturated rings. The Hall–Kier alpha value is -2.51. The van der Waals surface area contributed by atoms with Crippen molar-refractivity contribution in [2.24, 2.45) is 0 Å². The SMILES string of the molecule is O=S(=O)(CCc1ccc(C(F)(F)F)c(F)c1)c1ccc(S(=O)(=O)Nc2nccs2)cc1. The molecule has 0 atom stereocenters. The van der Waals surface area contributed by atoms with E-state index in [0.29, 0.717) is 12.1 Å². The molecule has 0 spiro atoms. The maximum absolute atomic E-state index is 13.6. The first-order valence-electron chi connectivity index (χ1n) is 8.49. The van der Waals surface area contributed by atoms with Gasteiger partial charge in [0.15, 0.2) is 15.0 Å². The van der Waals surface area contributed by atoms with Crippen molar-refractivity contribution in [3.05, 3.63) is 71.0 Å². The fourth-order valence-electron chi connectivity index (χ4n) is 2.59. The normalized spacial score (nSPS) is 12.6. The number of alkyl halides is 3. The molecule has 1 heterocycles. The van der Waals surface area contributed by atoms with Crippen LogP contribution in [0.25, 0.3) is 0 Å². The van der Waals surface area contributed by atoms with Gasteiger partial charge in [0.05, 0.1) is 21.1 Å². The molecule has 0 aliphatic carbocycles. The number of aryl methyl sites for hydroxylation is 1. The lowest BCUT2D eigenvalue weighted by atomic mass is 10.1. The Morgan fingerprint density at radius 2 is 1.61 bits per heavy atom. The van der Waals surface area contributed by atoms with Gasteiger partial charge in [-0.25, -0.2) is 26.2 Å². The molecular formula is C18H14F4N2O4S3. The lowest BCUT2D eigenvalue weighted by Crippen LogP contribution is -2.14. The van der Waals surface area contributed by atoms with Crippen LogP contribution in [-0.4, -0.2) is 27.6 Å². The van der Waals surface area contributed by atoms with Crippen LogP contribution in [0.4, 0.5) is 22.7 Å². The summed E-state index contributed by atoms with van der Waals surface area (Å²) < 4.78 is 103. The molecule has 166 valence electrons. The molecule has 0 amide bonds. The van der Waals surface area contributed by atoms with E-state index in [-0.39, 0.29) is 26.9 Å². The summed E-state index contributed by atoms with van der Waals surface area (Å²) in [6.07, 6.45) is -3.64. The number of anilines is 1. The van der Waals surface area contributed by atoms with E-state index < -0.39 is 43.2 Å². The minimum Gasteiger partial charge on any atom is -0.255 e. The van der Waals surface area contributed by atoms with Gasteiger partial charge >= 0.3 is 6.18 Å². The van der Waals surface area contributed by atoms with Gasteiger partial charge in [0.2, 0.25) is 0 Å². The summed E-state index contributed by atoms with van der Waals surface area (Å²) in [5, 5.41) is 1.73. The summed E-state index contributed by atoms with van der Waals surface area (Å²) in [5.74, 6) is -1.98. The van der Waals surface area contributed by atoms with Crippen LogP contribution in [-0.2, 0) is 32.5 Å². The fourth-order valence-corrected chi connectivity index (χ4v) is 5.67. The van der Waals surface area contributed by atoms with Gasteiger partial charge in [-0.1, -0.05) is 6.07 Å². The molecule has 0 bridgehead atoms. The first-order valence-corrected chi connectivity index (χ1v) is 12.5. The second-order valence-electron chi connectivity index (χ2n) is 6.29. The van der Waals surface area contributed by atoms with Crippen molar-refractivity contribution in [2.45, 2.75) is 22.4 Å². The number of hydrogen-bond donors (Lipinski definition) is 1. The predicted molar refractivity (Wildman–Crippen MR) is 107 cm³/mol. The van der Waals surface area contributed by atoms with E-state index in [1.165, 1.54) is 6.20 Å². The lowest BCUT2D eigenvalue weighted by Gasteiger charge is -2.10. The highest BCUT2D eigenvalue weighted by Gasteiger charge is 2.34. The number of nitrogens with zero attached hydrogens (tertiary/aromatic N) is 1. The summed E-state index contributed by atoms with van der Waals surface area (Å²) >= 11 is 1.07. The Kier molecular flexibility index (Phi) is 6.39. The maximum atomic E-state index is 13.6. The Morgan fingerprint density at radius 1 is 0.968 bits per heavy atom. The van der Waals surface area contributed by atoms with Gasteiger partial charge in [-0.3, -0.25) is 4.72 Å². The van der Waals surface area contributed by atoms with Crippen molar-refractivity contribution in [3.8, 4) is 0 Å². The zero-order valence-corrected chi connectivity index (χ0v) is 17.9. The fraction of sp³-hybridized carbons (Fsp3) is 0.167. The van der Waals surface area contributed by atoms with Gasteiger partial charge in [0.1, 0.15) is 5.82 Å². The molecule has 3 rings (SSSR count). The number of sulfone groups is 1. The van der Waals surface area contributed by atoms with Crippen LogP contribution < -0.4 is 4.72 Å². The van der Waals surface area contributed by atoms with E-state index in [0.717, 1.165) is 41.7 Å². The van der Waals surface area contributed by atoms with Gasteiger partial charge in [-0.05, 0) is 48.4 Å². The first-order chi connectivity index (χ1) is 14.4. The molecule has 0 unspecified atom stereocenters. The minimum atomic E-state index is -4.84. The van der Waals surface area contributed by atoms with Gasteiger partial charge in [-0.15, -0.1) is 11.3 Å². The number of benzene rings is 2. The van der Waals surface area contributed by atoms with Crippen molar-refractivity contribution in [1.82, 2.24) is 4.98 Å². The Balaban J connectivity index is 1.72. The molecule has 0 radical (unpaired) electrons. The highest BCUT2D eigenvalue weighted by atomic mass is 32.2. The summed E-state index contributed by atoms with van der Waals surface area (Å²) in [4.78, 5) is 3.46. The van der Waals surface area contributed by atoms with E-state index in [9.17, 15) is 34.4 Å². The molecule has 3 aromatic rings. The number of halogens is 4. The molecule has 1 N–H and O–H groups in total. The Morgan fingerprint density at radius 3 is 2.16 bits per heavy atom. The third-order valence-corrected chi connectivity index (χ3v) is 8.05. The van der Waals surface area contributed by atoms with Crippen LogP contribution >= 0.6 is 11.3 Å². The van der Waals surface area contributed by atoms with Crippen LogP contribution in [0.15, 0.2) is 63.8 Å². The zero-order valence-electron chi connectivity index (χ0n) is 15.4. The summed E-state index contributed by atoms with van der Waals surface area (Å²) in [6.45, 7) is 0. The largest absolute Gasteiger partial charge is 0.419 e. The van der Waals surface area contributed by atoms with Crippen LogP contribution in [0.1, 0.15) is 11.1 Å². The van der Waals surface area contributed by atoms with Crippen LogP contribution in [0, 0.1) is 5.82 Å². The van der Waals surface area contributed by atoms with Crippen LogP contribution in [0.5, 0.6) is 0 Å². The molecule has 0 aliphatic rings. The molecule has 1 aromatic heterocycles.